The van der Waals surface area contributed by atoms with Gasteiger partial charge >= 0.3 is 0 Å². The molecule has 0 aliphatic heterocycles. The number of nitrogens with zero attached hydrogens (tertiary/aromatic N) is 1. The molecule has 0 aliphatic carbocycles. The highest BCUT2D eigenvalue weighted by Gasteiger charge is 2.05. The number of aromatic nitrogens is 1. The summed E-state index contributed by atoms with van der Waals surface area (Å²) in [4.78, 5) is 4.00. The first kappa shape index (κ1) is 11.7. The van der Waals surface area contributed by atoms with Crippen LogP contribution in [0.5, 0.6) is 0 Å². The van der Waals surface area contributed by atoms with E-state index in [0.717, 1.165) is 25.8 Å². The molecule has 15 heavy (non-hydrogen) atoms. The zero-order valence-corrected chi connectivity index (χ0v) is 9.24. The molecule has 0 bridgehead atoms. The number of hydrogen-bond donors (Lipinski definition) is 1. The Morgan fingerprint density at radius 1 is 1.47 bits per heavy atom. The molecule has 1 heterocycles. The highest BCUT2D eigenvalue weighted by Crippen LogP contribution is 2.05. The van der Waals surface area contributed by atoms with Crippen molar-refractivity contribution in [2.24, 2.45) is 0 Å². The molecule has 1 atom stereocenters. The van der Waals surface area contributed by atoms with E-state index in [2.05, 4.69) is 35.3 Å². The van der Waals surface area contributed by atoms with E-state index in [1.54, 1.807) is 0 Å². The molecule has 0 fully saturated rings. The summed E-state index contributed by atoms with van der Waals surface area (Å²) in [5, 5.41) is 3.40. The topological polar surface area (TPSA) is 24.9 Å². The quantitative estimate of drug-likeness (QED) is 0.714. The molecule has 1 N–H and O–H groups in total. The Morgan fingerprint density at radius 3 is 2.80 bits per heavy atom. The molecule has 1 rings (SSSR count). The molecule has 1 unspecified atom stereocenters. The maximum atomic E-state index is 5.33. The van der Waals surface area contributed by atoms with E-state index in [1.807, 2.05) is 12.4 Å². The molecular weight excluding hydrogens is 184 g/mol. The van der Waals surface area contributed by atoms with Crippen LogP contribution in [0.25, 0.3) is 0 Å². The number of terminal acetylenes is 1. The summed E-state index contributed by atoms with van der Waals surface area (Å²) in [5.41, 5.74) is 1.32. The molecule has 1 aromatic rings. The number of rotatable bonds is 6. The predicted octanol–water partition coefficient (Wildman–Crippen LogP) is 2.02. The van der Waals surface area contributed by atoms with E-state index in [9.17, 15) is 0 Å². The van der Waals surface area contributed by atoms with Crippen molar-refractivity contribution in [1.29, 1.82) is 0 Å². The van der Waals surface area contributed by atoms with Crippen molar-refractivity contribution in [3.05, 3.63) is 30.1 Å². The highest BCUT2D eigenvalue weighted by atomic mass is 14.9. The van der Waals surface area contributed by atoms with Gasteiger partial charge in [-0.15, -0.1) is 12.3 Å². The second-order valence-electron chi connectivity index (χ2n) is 3.56. The van der Waals surface area contributed by atoms with Gasteiger partial charge in [0.15, 0.2) is 0 Å². The van der Waals surface area contributed by atoms with Crippen LogP contribution >= 0.6 is 0 Å². The molecule has 2 nitrogen and oxygen atoms in total. The average molecular weight is 202 g/mol. The Kier molecular flexibility index (Phi) is 5.50. The van der Waals surface area contributed by atoms with Crippen molar-refractivity contribution in [2.45, 2.75) is 32.2 Å². The van der Waals surface area contributed by atoms with Crippen molar-refractivity contribution in [2.75, 3.05) is 6.54 Å². The molecule has 0 aliphatic rings. The van der Waals surface area contributed by atoms with Gasteiger partial charge in [-0.05, 0) is 37.1 Å². The third kappa shape index (κ3) is 4.62. The molecule has 0 amide bonds. The minimum atomic E-state index is 0.438. The number of pyridine rings is 1. The summed E-state index contributed by atoms with van der Waals surface area (Å²) in [7, 11) is 0. The van der Waals surface area contributed by atoms with Gasteiger partial charge < -0.3 is 5.32 Å². The fourth-order valence-electron chi connectivity index (χ4n) is 1.60. The van der Waals surface area contributed by atoms with Gasteiger partial charge in [-0.1, -0.05) is 6.92 Å². The van der Waals surface area contributed by atoms with Crippen LogP contribution in [0.3, 0.4) is 0 Å². The molecule has 2 heteroatoms. The Hall–Kier alpha value is -1.33. The summed E-state index contributed by atoms with van der Waals surface area (Å²) >= 11 is 0. The summed E-state index contributed by atoms with van der Waals surface area (Å²) in [6.07, 6.45) is 11.9. The first-order chi connectivity index (χ1) is 7.36. The molecule has 0 spiro atoms. The normalized spacial score (nSPS) is 12.0. The minimum Gasteiger partial charge on any atom is -0.313 e. The zero-order chi connectivity index (χ0) is 10.9. The molecule has 0 radical (unpaired) electrons. The summed E-state index contributed by atoms with van der Waals surface area (Å²) < 4.78 is 0. The van der Waals surface area contributed by atoms with Gasteiger partial charge in [0.25, 0.3) is 0 Å². The van der Waals surface area contributed by atoms with Crippen molar-refractivity contribution < 1.29 is 0 Å². The van der Waals surface area contributed by atoms with Crippen molar-refractivity contribution in [1.82, 2.24) is 10.3 Å². The van der Waals surface area contributed by atoms with Crippen LogP contribution in [-0.4, -0.2) is 17.6 Å². The average Bonchev–Trinajstić information content (AvgIpc) is 2.28. The van der Waals surface area contributed by atoms with E-state index in [4.69, 9.17) is 6.42 Å². The maximum absolute atomic E-state index is 5.33. The molecule has 0 saturated heterocycles. The Morgan fingerprint density at radius 2 is 2.20 bits per heavy atom. The van der Waals surface area contributed by atoms with Gasteiger partial charge in [-0.2, -0.15) is 0 Å². The van der Waals surface area contributed by atoms with E-state index < -0.39 is 0 Å². The van der Waals surface area contributed by atoms with Crippen LogP contribution in [-0.2, 0) is 6.42 Å². The van der Waals surface area contributed by atoms with E-state index >= 15 is 0 Å². The predicted molar refractivity (Wildman–Crippen MR) is 63.5 cm³/mol. The lowest BCUT2D eigenvalue weighted by Gasteiger charge is -2.14. The Balaban J connectivity index is 2.37. The Bertz CT molecular complexity index is 300. The van der Waals surface area contributed by atoms with Gasteiger partial charge in [0.1, 0.15) is 0 Å². The van der Waals surface area contributed by atoms with Gasteiger partial charge in [0.05, 0.1) is 0 Å². The van der Waals surface area contributed by atoms with E-state index in [1.165, 1.54) is 5.56 Å². The number of aryl methyl sites for hydroxylation is 1. The van der Waals surface area contributed by atoms with Crippen molar-refractivity contribution in [3.63, 3.8) is 0 Å². The van der Waals surface area contributed by atoms with Crippen LogP contribution in [0.2, 0.25) is 0 Å². The molecular formula is C13H18N2. The van der Waals surface area contributed by atoms with Gasteiger partial charge in [0, 0.05) is 24.9 Å². The van der Waals surface area contributed by atoms with Crippen LogP contribution < -0.4 is 5.32 Å². The zero-order valence-electron chi connectivity index (χ0n) is 9.24. The van der Waals surface area contributed by atoms with Gasteiger partial charge in [-0.3, -0.25) is 4.98 Å². The Labute approximate surface area is 92.1 Å². The third-order valence-corrected chi connectivity index (χ3v) is 2.39. The van der Waals surface area contributed by atoms with Crippen LogP contribution in [0.15, 0.2) is 24.5 Å². The van der Waals surface area contributed by atoms with Crippen LogP contribution in [0, 0.1) is 12.3 Å². The number of hydrogen-bond acceptors (Lipinski definition) is 2. The third-order valence-electron chi connectivity index (χ3n) is 2.39. The van der Waals surface area contributed by atoms with Crippen molar-refractivity contribution >= 4 is 0 Å². The maximum Gasteiger partial charge on any atom is 0.0270 e. The van der Waals surface area contributed by atoms with Crippen LogP contribution in [0.1, 0.15) is 25.3 Å². The number of nitrogens with one attached hydrogen (secondary N) is 1. The second kappa shape index (κ2) is 7.03. The molecule has 0 saturated carbocycles. The lowest BCUT2D eigenvalue weighted by atomic mass is 10.0. The molecule has 0 aromatic carbocycles. The van der Waals surface area contributed by atoms with Gasteiger partial charge in [-0.25, -0.2) is 0 Å². The molecule has 1 aromatic heterocycles. The first-order valence-corrected chi connectivity index (χ1v) is 5.42. The summed E-state index contributed by atoms with van der Waals surface area (Å²) in [5.74, 6) is 2.71. The van der Waals surface area contributed by atoms with Crippen molar-refractivity contribution in [3.8, 4) is 12.3 Å². The van der Waals surface area contributed by atoms with E-state index in [0.29, 0.717) is 6.04 Å². The minimum absolute atomic E-state index is 0.438. The monoisotopic (exact) mass is 202 g/mol. The summed E-state index contributed by atoms with van der Waals surface area (Å²) in [6.45, 7) is 3.08. The highest BCUT2D eigenvalue weighted by molar-refractivity contribution is 5.10. The second-order valence-corrected chi connectivity index (χ2v) is 3.56. The fraction of sp³-hybridized carbons (Fsp3) is 0.462. The first-order valence-electron chi connectivity index (χ1n) is 5.42. The standard InChI is InChI=1S/C13H18N2/c1-3-5-13(15-4-2)7-6-12-8-10-14-11-9-12/h1,8-11,13,15H,4-7H2,2H3. The fourth-order valence-corrected chi connectivity index (χ4v) is 1.60. The van der Waals surface area contributed by atoms with Crippen LogP contribution in [0.4, 0.5) is 0 Å². The van der Waals surface area contributed by atoms with Gasteiger partial charge in [0.2, 0.25) is 0 Å². The van der Waals surface area contributed by atoms with E-state index in [-0.39, 0.29) is 0 Å². The molecule has 80 valence electrons. The lowest BCUT2D eigenvalue weighted by molar-refractivity contribution is 0.503. The largest absolute Gasteiger partial charge is 0.313 e. The smallest absolute Gasteiger partial charge is 0.0270 e. The summed E-state index contributed by atoms with van der Waals surface area (Å²) in [6, 6.07) is 4.55. The SMILES string of the molecule is C#CCC(CCc1ccncc1)NCC. The lowest BCUT2D eigenvalue weighted by Crippen LogP contribution is -2.28.